The van der Waals surface area contributed by atoms with Gasteiger partial charge >= 0.3 is 5.97 Å². The van der Waals surface area contributed by atoms with E-state index in [1.807, 2.05) is 0 Å². The summed E-state index contributed by atoms with van der Waals surface area (Å²) in [7, 11) is 0. The molecule has 1 aliphatic carbocycles. The molecule has 2 rings (SSSR count). The molecule has 2 atom stereocenters. The van der Waals surface area contributed by atoms with Crippen molar-refractivity contribution < 1.29 is 15.0 Å². The van der Waals surface area contributed by atoms with E-state index in [-0.39, 0.29) is 11.7 Å². The van der Waals surface area contributed by atoms with Crippen LogP contribution in [-0.4, -0.2) is 38.3 Å². The Balaban J connectivity index is 2.07. The van der Waals surface area contributed by atoms with E-state index in [9.17, 15) is 9.90 Å². The quantitative estimate of drug-likeness (QED) is 0.722. The minimum absolute atomic E-state index is 0.0675. The molecule has 92 valence electrons. The van der Waals surface area contributed by atoms with E-state index in [0.29, 0.717) is 5.82 Å². The molecular weight excluding hydrogens is 222 g/mol. The minimum atomic E-state index is -1.11. The fourth-order valence-electron chi connectivity index (χ4n) is 2.01. The van der Waals surface area contributed by atoms with Gasteiger partial charge in [-0.1, -0.05) is 12.8 Å². The molecule has 0 amide bonds. The monoisotopic (exact) mass is 237 g/mol. The third kappa shape index (κ3) is 2.91. The van der Waals surface area contributed by atoms with Gasteiger partial charge in [0.25, 0.3) is 0 Å². The topological polar surface area (TPSA) is 95.3 Å². The summed E-state index contributed by atoms with van der Waals surface area (Å²) in [5.74, 6) is -0.707. The highest BCUT2D eigenvalue weighted by atomic mass is 16.4. The zero-order valence-corrected chi connectivity index (χ0v) is 9.33. The van der Waals surface area contributed by atoms with Crippen molar-refractivity contribution in [2.45, 2.75) is 37.8 Å². The molecule has 1 heterocycles. The molecule has 0 aliphatic heterocycles. The molecule has 0 radical (unpaired) electrons. The van der Waals surface area contributed by atoms with E-state index in [1.54, 1.807) is 0 Å². The van der Waals surface area contributed by atoms with Crippen LogP contribution in [0.3, 0.4) is 0 Å². The Hall–Kier alpha value is -1.69. The Kier molecular flexibility index (Phi) is 3.53. The molecule has 2 unspecified atom stereocenters. The maximum absolute atomic E-state index is 10.7. The molecule has 17 heavy (non-hydrogen) atoms. The van der Waals surface area contributed by atoms with Gasteiger partial charge < -0.3 is 15.5 Å². The average molecular weight is 237 g/mol. The van der Waals surface area contributed by atoms with Crippen LogP contribution in [0.15, 0.2) is 12.4 Å². The van der Waals surface area contributed by atoms with E-state index in [0.717, 1.165) is 25.7 Å². The van der Waals surface area contributed by atoms with Gasteiger partial charge in [-0.15, -0.1) is 0 Å². The van der Waals surface area contributed by atoms with Crippen molar-refractivity contribution in [1.29, 1.82) is 0 Å². The van der Waals surface area contributed by atoms with Crippen LogP contribution in [0.5, 0.6) is 0 Å². The number of aliphatic hydroxyl groups is 1. The largest absolute Gasteiger partial charge is 0.476 e. The minimum Gasteiger partial charge on any atom is -0.476 e. The van der Waals surface area contributed by atoms with Crippen LogP contribution in [0, 0.1) is 0 Å². The van der Waals surface area contributed by atoms with Crippen LogP contribution < -0.4 is 5.32 Å². The second-order valence-corrected chi connectivity index (χ2v) is 4.20. The van der Waals surface area contributed by atoms with Gasteiger partial charge in [0.05, 0.1) is 24.5 Å². The first-order chi connectivity index (χ1) is 8.16. The van der Waals surface area contributed by atoms with Crippen molar-refractivity contribution in [3.8, 4) is 0 Å². The summed E-state index contributed by atoms with van der Waals surface area (Å²) in [6, 6.07) is -0.0675. The maximum Gasteiger partial charge on any atom is 0.356 e. The second-order valence-electron chi connectivity index (χ2n) is 4.20. The zero-order chi connectivity index (χ0) is 12.3. The number of nitrogens with one attached hydrogen (secondary N) is 1. The van der Waals surface area contributed by atoms with Crippen LogP contribution in [0.25, 0.3) is 0 Å². The Morgan fingerprint density at radius 2 is 2.12 bits per heavy atom. The Bertz CT molecular complexity index is 411. The molecule has 1 aliphatic rings. The maximum atomic E-state index is 10.7. The average Bonchev–Trinajstić information content (AvgIpc) is 2.32. The van der Waals surface area contributed by atoms with Crippen LogP contribution in [0.2, 0.25) is 0 Å². The predicted molar refractivity (Wildman–Crippen MR) is 60.9 cm³/mol. The van der Waals surface area contributed by atoms with E-state index in [4.69, 9.17) is 5.11 Å². The molecule has 6 heteroatoms. The molecule has 3 N–H and O–H groups in total. The van der Waals surface area contributed by atoms with E-state index >= 15 is 0 Å². The van der Waals surface area contributed by atoms with Gasteiger partial charge in [0, 0.05) is 0 Å². The van der Waals surface area contributed by atoms with Gasteiger partial charge in [-0.3, -0.25) is 4.98 Å². The number of hydrogen-bond donors (Lipinski definition) is 3. The Labute approximate surface area is 98.7 Å². The summed E-state index contributed by atoms with van der Waals surface area (Å²) < 4.78 is 0. The van der Waals surface area contributed by atoms with Gasteiger partial charge in [-0.25, -0.2) is 9.78 Å². The number of carbonyl (C=O) groups is 1. The van der Waals surface area contributed by atoms with Gasteiger partial charge in [0.2, 0.25) is 0 Å². The number of rotatable bonds is 3. The number of nitrogens with zero attached hydrogens (tertiary/aromatic N) is 2. The van der Waals surface area contributed by atoms with Crippen molar-refractivity contribution in [1.82, 2.24) is 9.97 Å². The Morgan fingerprint density at radius 3 is 2.82 bits per heavy atom. The Morgan fingerprint density at radius 1 is 1.35 bits per heavy atom. The summed E-state index contributed by atoms with van der Waals surface area (Å²) in [5, 5.41) is 21.6. The summed E-state index contributed by atoms with van der Waals surface area (Å²) in [4.78, 5) is 18.5. The standard InChI is InChI=1S/C11H15N3O3/c15-9-4-2-1-3-7(9)13-10-6-12-5-8(14-10)11(16)17/h5-7,9,15H,1-4H2,(H,13,14)(H,16,17). The number of aromatic nitrogens is 2. The number of aromatic carboxylic acids is 1. The number of carboxylic acid groups (broad SMARTS) is 1. The smallest absolute Gasteiger partial charge is 0.356 e. The lowest BCUT2D eigenvalue weighted by molar-refractivity contribution is 0.0690. The molecule has 0 spiro atoms. The summed E-state index contributed by atoms with van der Waals surface area (Å²) >= 11 is 0. The van der Waals surface area contributed by atoms with E-state index in [1.165, 1.54) is 12.4 Å². The second kappa shape index (κ2) is 5.09. The van der Waals surface area contributed by atoms with Crippen molar-refractivity contribution in [2.75, 3.05) is 5.32 Å². The molecule has 6 nitrogen and oxygen atoms in total. The summed E-state index contributed by atoms with van der Waals surface area (Å²) in [6.07, 6.45) is 5.97. The molecule has 1 aromatic rings. The van der Waals surface area contributed by atoms with Crippen molar-refractivity contribution in [3.05, 3.63) is 18.1 Å². The van der Waals surface area contributed by atoms with Crippen LogP contribution in [0.1, 0.15) is 36.2 Å². The number of aliphatic hydroxyl groups excluding tert-OH is 1. The van der Waals surface area contributed by atoms with Gasteiger partial charge in [0.15, 0.2) is 5.69 Å². The first-order valence-electron chi connectivity index (χ1n) is 5.67. The first kappa shape index (κ1) is 11.8. The van der Waals surface area contributed by atoms with Crippen molar-refractivity contribution in [3.63, 3.8) is 0 Å². The van der Waals surface area contributed by atoms with Crippen LogP contribution in [-0.2, 0) is 0 Å². The van der Waals surface area contributed by atoms with Crippen molar-refractivity contribution >= 4 is 11.8 Å². The highest BCUT2D eigenvalue weighted by Crippen LogP contribution is 2.21. The van der Waals surface area contributed by atoms with Gasteiger partial charge in [0.1, 0.15) is 5.82 Å². The molecule has 0 aromatic carbocycles. The number of hydrogen-bond acceptors (Lipinski definition) is 5. The molecule has 0 bridgehead atoms. The SMILES string of the molecule is O=C(O)c1cncc(NC2CCCCC2O)n1. The van der Waals surface area contributed by atoms with Crippen molar-refractivity contribution in [2.24, 2.45) is 0 Å². The fraction of sp³-hybridized carbons (Fsp3) is 0.545. The number of carboxylic acids is 1. The highest BCUT2D eigenvalue weighted by molar-refractivity contribution is 5.85. The molecule has 1 aromatic heterocycles. The normalized spacial score (nSPS) is 24.3. The summed E-state index contributed by atoms with van der Waals surface area (Å²) in [5.41, 5.74) is -0.0969. The van der Waals surface area contributed by atoms with Gasteiger partial charge in [-0.2, -0.15) is 0 Å². The zero-order valence-electron chi connectivity index (χ0n) is 9.33. The van der Waals surface area contributed by atoms with E-state index < -0.39 is 12.1 Å². The van der Waals surface area contributed by atoms with E-state index in [2.05, 4.69) is 15.3 Å². The lowest BCUT2D eigenvalue weighted by Crippen LogP contribution is -2.36. The molecule has 1 fully saturated rings. The molecule has 1 saturated carbocycles. The third-order valence-electron chi connectivity index (χ3n) is 2.92. The molecule has 0 saturated heterocycles. The predicted octanol–water partition coefficient (Wildman–Crippen LogP) is 0.890. The molecular formula is C11H15N3O3. The first-order valence-corrected chi connectivity index (χ1v) is 5.67. The van der Waals surface area contributed by atoms with Gasteiger partial charge in [-0.05, 0) is 12.8 Å². The van der Waals surface area contributed by atoms with Crippen LogP contribution in [0.4, 0.5) is 5.82 Å². The van der Waals surface area contributed by atoms with Crippen LogP contribution >= 0.6 is 0 Å². The lowest BCUT2D eigenvalue weighted by Gasteiger charge is -2.28. The fourth-order valence-corrected chi connectivity index (χ4v) is 2.01. The lowest BCUT2D eigenvalue weighted by atomic mass is 9.93. The number of anilines is 1. The highest BCUT2D eigenvalue weighted by Gasteiger charge is 2.23. The summed E-state index contributed by atoms with van der Waals surface area (Å²) in [6.45, 7) is 0. The third-order valence-corrected chi connectivity index (χ3v) is 2.92.